The van der Waals surface area contributed by atoms with Gasteiger partial charge in [-0.1, -0.05) is 18.2 Å². The predicted octanol–water partition coefficient (Wildman–Crippen LogP) is 2.94. The Morgan fingerprint density at radius 3 is 2.82 bits per heavy atom. The van der Waals surface area contributed by atoms with E-state index in [4.69, 9.17) is 9.47 Å². The van der Waals surface area contributed by atoms with Crippen LogP contribution in [0.5, 0.6) is 0 Å². The molecule has 22 heavy (non-hydrogen) atoms. The van der Waals surface area contributed by atoms with Crippen LogP contribution in [0.3, 0.4) is 0 Å². The van der Waals surface area contributed by atoms with Gasteiger partial charge in [0, 0.05) is 24.4 Å². The summed E-state index contributed by atoms with van der Waals surface area (Å²) in [6.07, 6.45) is 1.52. The molecule has 114 valence electrons. The highest BCUT2D eigenvalue weighted by atomic mass is 16.6. The fourth-order valence-electron chi connectivity index (χ4n) is 2.40. The van der Waals surface area contributed by atoms with Gasteiger partial charge in [-0.2, -0.15) is 0 Å². The highest BCUT2D eigenvalue weighted by Gasteiger charge is 2.21. The van der Waals surface area contributed by atoms with E-state index in [1.807, 2.05) is 18.3 Å². The van der Waals surface area contributed by atoms with Gasteiger partial charge in [0.05, 0.1) is 5.69 Å². The maximum absolute atomic E-state index is 5.65. The molecule has 1 N–H and O–H groups in total. The Kier molecular flexibility index (Phi) is 4.06. The molecular formula is C17H19N3O2. The van der Waals surface area contributed by atoms with Crippen LogP contribution >= 0.6 is 0 Å². The quantitative estimate of drug-likeness (QED) is 0.942. The second-order valence-corrected chi connectivity index (χ2v) is 5.29. The van der Waals surface area contributed by atoms with Crippen molar-refractivity contribution >= 4 is 5.90 Å². The van der Waals surface area contributed by atoms with E-state index >= 15 is 0 Å². The second kappa shape index (κ2) is 6.15. The molecule has 1 atom stereocenters. The van der Waals surface area contributed by atoms with Crippen molar-refractivity contribution in [1.82, 2.24) is 10.4 Å². The standard InChI is InChI=1S/C17H19N3O2/c1-11-5-4-6-14(12(11)2)15-8-7-13(9-18-15)17-20-19-16(22-17)10-21-3/h4-9,17,20H,10H2,1-3H3. The maximum atomic E-state index is 5.65. The number of aromatic nitrogens is 1. The molecule has 0 saturated carbocycles. The minimum absolute atomic E-state index is 0.301. The zero-order valence-electron chi connectivity index (χ0n) is 13.0. The molecule has 5 heteroatoms. The van der Waals surface area contributed by atoms with Gasteiger partial charge in [0.2, 0.25) is 12.1 Å². The molecule has 0 aliphatic carbocycles. The lowest BCUT2D eigenvalue weighted by atomic mass is 10.0. The average Bonchev–Trinajstić information content (AvgIpc) is 2.99. The van der Waals surface area contributed by atoms with E-state index in [0.717, 1.165) is 16.8 Å². The highest BCUT2D eigenvalue weighted by molar-refractivity contribution is 5.78. The van der Waals surface area contributed by atoms with Crippen molar-refractivity contribution < 1.29 is 9.47 Å². The molecule has 1 unspecified atom stereocenters. The van der Waals surface area contributed by atoms with Crippen molar-refractivity contribution in [2.75, 3.05) is 13.7 Å². The predicted molar refractivity (Wildman–Crippen MR) is 85.4 cm³/mol. The van der Waals surface area contributed by atoms with Gasteiger partial charge in [-0.15, -0.1) is 5.10 Å². The summed E-state index contributed by atoms with van der Waals surface area (Å²) in [6, 6.07) is 10.3. The first-order chi connectivity index (χ1) is 10.7. The summed E-state index contributed by atoms with van der Waals surface area (Å²) < 4.78 is 10.7. The minimum Gasteiger partial charge on any atom is -0.448 e. The largest absolute Gasteiger partial charge is 0.448 e. The number of rotatable bonds is 4. The number of nitrogens with one attached hydrogen (secondary N) is 1. The highest BCUT2D eigenvalue weighted by Crippen LogP contribution is 2.25. The van der Waals surface area contributed by atoms with Gasteiger partial charge >= 0.3 is 0 Å². The Morgan fingerprint density at radius 2 is 2.09 bits per heavy atom. The normalized spacial score (nSPS) is 16.9. The number of hydrazone groups is 1. The first kappa shape index (κ1) is 14.5. The van der Waals surface area contributed by atoms with Crippen LogP contribution in [-0.4, -0.2) is 24.6 Å². The van der Waals surface area contributed by atoms with Crippen LogP contribution in [0.1, 0.15) is 22.9 Å². The van der Waals surface area contributed by atoms with Gasteiger partial charge in [0.25, 0.3) is 0 Å². The van der Waals surface area contributed by atoms with Gasteiger partial charge in [0.15, 0.2) is 0 Å². The lowest BCUT2D eigenvalue weighted by Gasteiger charge is -2.12. The number of hydrogen-bond donors (Lipinski definition) is 1. The Morgan fingerprint density at radius 1 is 1.23 bits per heavy atom. The molecule has 1 aromatic heterocycles. The van der Waals surface area contributed by atoms with E-state index in [-0.39, 0.29) is 6.23 Å². The van der Waals surface area contributed by atoms with Crippen molar-refractivity contribution in [3.05, 3.63) is 53.2 Å². The first-order valence-corrected chi connectivity index (χ1v) is 7.19. The van der Waals surface area contributed by atoms with Gasteiger partial charge in [-0.05, 0) is 37.1 Å². The average molecular weight is 297 g/mol. The summed E-state index contributed by atoms with van der Waals surface area (Å²) in [6.45, 7) is 4.59. The van der Waals surface area contributed by atoms with Crippen molar-refractivity contribution in [2.45, 2.75) is 20.1 Å². The molecule has 0 spiro atoms. The summed E-state index contributed by atoms with van der Waals surface area (Å²) in [5.41, 5.74) is 8.50. The van der Waals surface area contributed by atoms with Crippen LogP contribution in [0.15, 0.2) is 41.6 Å². The summed E-state index contributed by atoms with van der Waals surface area (Å²) in [7, 11) is 1.61. The molecule has 1 aliphatic heterocycles. The Bertz CT molecular complexity index is 696. The summed E-state index contributed by atoms with van der Waals surface area (Å²) in [5.74, 6) is 0.547. The molecule has 1 aliphatic rings. The lowest BCUT2D eigenvalue weighted by Crippen LogP contribution is -2.14. The van der Waals surface area contributed by atoms with E-state index in [1.165, 1.54) is 11.1 Å². The maximum Gasteiger partial charge on any atom is 0.234 e. The van der Waals surface area contributed by atoms with Crippen molar-refractivity contribution in [3.8, 4) is 11.3 Å². The van der Waals surface area contributed by atoms with Gasteiger partial charge in [-0.3, -0.25) is 10.4 Å². The number of ether oxygens (including phenoxy) is 2. The number of nitrogens with zero attached hydrogens (tertiary/aromatic N) is 2. The van der Waals surface area contributed by atoms with E-state index in [0.29, 0.717) is 12.5 Å². The fraction of sp³-hybridized carbons (Fsp3) is 0.294. The fourth-order valence-corrected chi connectivity index (χ4v) is 2.40. The van der Waals surface area contributed by atoms with Crippen LogP contribution in [0, 0.1) is 13.8 Å². The molecule has 0 radical (unpaired) electrons. The molecular weight excluding hydrogens is 278 g/mol. The number of aryl methyl sites for hydroxylation is 1. The van der Waals surface area contributed by atoms with E-state index in [2.05, 4.69) is 47.6 Å². The third-order valence-electron chi connectivity index (χ3n) is 3.80. The topological polar surface area (TPSA) is 55.7 Å². The SMILES string of the molecule is COCC1=NNC(c2ccc(-c3cccc(C)c3C)nc2)O1. The van der Waals surface area contributed by atoms with Gasteiger partial charge in [0.1, 0.15) is 6.61 Å². The molecule has 0 amide bonds. The Labute approximate surface area is 130 Å². The van der Waals surface area contributed by atoms with E-state index in [1.54, 1.807) is 7.11 Å². The van der Waals surface area contributed by atoms with E-state index < -0.39 is 0 Å². The summed E-state index contributed by atoms with van der Waals surface area (Å²) in [4.78, 5) is 4.56. The molecule has 3 rings (SSSR count). The summed E-state index contributed by atoms with van der Waals surface area (Å²) >= 11 is 0. The monoisotopic (exact) mass is 297 g/mol. The third-order valence-corrected chi connectivity index (χ3v) is 3.80. The molecule has 0 fully saturated rings. The van der Waals surface area contributed by atoms with Crippen LogP contribution in [0.25, 0.3) is 11.3 Å². The number of pyridine rings is 1. The van der Waals surface area contributed by atoms with Crippen LogP contribution in [0.2, 0.25) is 0 Å². The Hall–Kier alpha value is -2.40. The van der Waals surface area contributed by atoms with Crippen LogP contribution < -0.4 is 5.43 Å². The summed E-state index contributed by atoms with van der Waals surface area (Å²) in [5, 5.41) is 4.08. The van der Waals surface area contributed by atoms with Crippen molar-refractivity contribution in [1.29, 1.82) is 0 Å². The van der Waals surface area contributed by atoms with Crippen molar-refractivity contribution in [2.24, 2.45) is 5.10 Å². The van der Waals surface area contributed by atoms with Gasteiger partial charge < -0.3 is 9.47 Å². The van der Waals surface area contributed by atoms with Crippen LogP contribution in [-0.2, 0) is 9.47 Å². The zero-order valence-corrected chi connectivity index (χ0v) is 13.0. The number of hydrogen-bond acceptors (Lipinski definition) is 5. The number of methoxy groups -OCH3 is 1. The second-order valence-electron chi connectivity index (χ2n) is 5.29. The van der Waals surface area contributed by atoms with Crippen molar-refractivity contribution in [3.63, 3.8) is 0 Å². The molecule has 0 bridgehead atoms. The molecule has 5 nitrogen and oxygen atoms in total. The minimum atomic E-state index is -0.301. The third kappa shape index (κ3) is 2.80. The molecule has 2 aromatic rings. The molecule has 1 aromatic carbocycles. The molecule has 2 heterocycles. The first-order valence-electron chi connectivity index (χ1n) is 7.19. The smallest absolute Gasteiger partial charge is 0.234 e. The zero-order chi connectivity index (χ0) is 15.5. The lowest BCUT2D eigenvalue weighted by molar-refractivity contribution is 0.159. The Balaban J connectivity index is 1.78. The number of benzene rings is 1. The van der Waals surface area contributed by atoms with Gasteiger partial charge in [-0.25, -0.2) is 0 Å². The molecule has 0 saturated heterocycles. The van der Waals surface area contributed by atoms with E-state index in [9.17, 15) is 0 Å². The van der Waals surface area contributed by atoms with Crippen LogP contribution in [0.4, 0.5) is 0 Å².